The fraction of sp³-hybridized carbons (Fsp3) is 0.200. The van der Waals surface area contributed by atoms with E-state index in [1.807, 2.05) is 37.3 Å². The Hall–Kier alpha value is -1.71. The highest BCUT2D eigenvalue weighted by Crippen LogP contribution is 2.31. The van der Waals surface area contributed by atoms with E-state index in [0.29, 0.717) is 10.7 Å². The summed E-state index contributed by atoms with van der Waals surface area (Å²) in [7, 11) is 0. The number of nitrogen functional groups attached to an aromatic ring is 1. The molecule has 3 nitrogen and oxygen atoms in total. The van der Waals surface area contributed by atoms with Gasteiger partial charge in [0.25, 0.3) is 0 Å². The van der Waals surface area contributed by atoms with Crippen molar-refractivity contribution in [2.45, 2.75) is 20.0 Å². The summed E-state index contributed by atoms with van der Waals surface area (Å²) in [5.41, 5.74) is 9.94. The molecule has 1 atom stereocenters. The van der Waals surface area contributed by atoms with Gasteiger partial charge in [0.05, 0.1) is 17.5 Å². The number of halogens is 1. The SMILES string of the molecule is Cc1cc(Nc2ccccc2C(C)O)c(N)cc1Cl. The highest BCUT2D eigenvalue weighted by molar-refractivity contribution is 6.31. The molecule has 0 saturated carbocycles. The Balaban J connectivity index is 2.39. The average Bonchev–Trinajstić information content (AvgIpc) is 2.36. The molecule has 1 unspecified atom stereocenters. The van der Waals surface area contributed by atoms with Crippen molar-refractivity contribution in [1.29, 1.82) is 0 Å². The molecule has 0 aliphatic heterocycles. The summed E-state index contributed by atoms with van der Waals surface area (Å²) in [6.07, 6.45) is -0.543. The van der Waals surface area contributed by atoms with E-state index in [1.165, 1.54) is 0 Å². The minimum Gasteiger partial charge on any atom is -0.397 e. The summed E-state index contributed by atoms with van der Waals surface area (Å²) in [5, 5.41) is 13.6. The van der Waals surface area contributed by atoms with E-state index in [1.54, 1.807) is 13.0 Å². The topological polar surface area (TPSA) is 58.3 Å². The van der Waals surface area contributed by atoms with E-state index in [-0.39, 0.29) is 0 Å². The molecule has 2 aromatic carbocycles. The second kappa shape index (κ2) is 5.51. The normalized spacial score (nSPS) is 12.2. The summed E-state index contributed by atoms with van der Waals surface area (Å²) in [6.45, 7) is 3.66. The van der Waals surface area contributed by atoms with Gasteiger partial charge in [0.15, 0.2) is 0 Å². The van der Waals surface area contributed by atoms with Crippen LogP contribution in [0.3, 0.4) is 0 Å². The number of hydrogen-bond donors (Lipinski definition) is 3. The first-order chi connectivity index (χ1) is 8.99. The molecule has 2 rings (SSSR count). The van der Waals surface area contributed by atoms with Gasteiger partial charge in [-0.1, -0.05) is 29.8 Å². The predicted molar refractivity (Wildman–Crippen MR) is 81.0 cm³/mol. The van der Waals surface area contributed by atoms with E-state index in [9.17, 15) is 5.11 Å². The fourth-order valence-electron chi connectivity index (χ4n) is 1.93. The number of benzene rings is 2. The van der Waals surface area contributed by atoms with Gasteiger partial charge in [-0.05, 0) is 37.6 Å². The number of aliphatic hydroxyl groups is 1. The fourth-order valence-corrected chi connectivity index (χ4v) is 2.10. The minimum atomic E-state index is -0.543. The predicted octanol–water partition coefficient (Wildman–Crippen LogP) is 4.03. The Bertz CT molecular complexity index is 597. The zero-order valence-electron chi connectivity index (χ0n) is 10.9. The van der Waals surface area contributed by atoms with Crippen molar-refractivity contribution in [3.05, 3.63) is 52.5 Å². The highest BCUT2D eigenvalue weighted by atomic mass is 35.5. The molecule has 4 heteroatoms. The molecule has 0 spiro atoms. The third kappa shape index (κ3) is 3.00. The second-order valence-corrected chi connectivity index (χ2v) is 4.98. The van der Waals surface area contributed by atoms with Crippen LogP contribution in [0.15, 0.2) is 36.4 Å². The first-order valence-corrected chi connectivity index (χ1v) is 6.46. The van der Waals surface area contributed by atoms with Gasteiger partial charge in [0.1, 0.15) is 0 Å². The van der Waals surface area contributed by atoms with Crippen LogP contribution in [-0.4, -0.2) is 5.11 Å². The molecule has 0 saturated heterocycles. The van der Waals surface area contributed by atoms with Crippen molar-refractivity contribution in [3.8, 4) is 0 Å². The van der Waals surface area contributed by atoms with E-state index < -0.39 is 6.10 Å². The Labute approximate surface area is 118 Å². The Morgan fingerprint density at radius 1 is 1.21 bits per heavy atom. The van der Waals surface area contributed by atoms with Crippen molar-refractivity contribution in [3.63, 3.8) is 0 Å². The molecule has 100 valence electrons. The molecule has 0 fully saturated rings. The van der Waals surface area contributed by atoms with E-state index in [4.69, 9.17) is 17.3 Å². The van der Waals surface area contributed by atoms with Gasteiger partial charge >= 0.3 is 0 Å². The van der Waals surface area contributed by atoms with Gasteiger partial charge in [-0.2, -0.15) is 0 Å². The van der Waals surface area contributed by atoms with Gasteiger partial charge in [0.2, 0.25) is 0 Å². The number of aliphatic hydroxyl groups excluding tert-OH is 1. The lowest BCUT2D eigenvalue weighted by molar-refractivity contribution is 0.200. The molecule has 0 bridgehead atoms. The number of aryl methyl sites for hydroxylation is 1. The molecular weight excluding hydrogens is 260 g/mol. The molecule has 0 aliphatic carbocycles. The molecule has 0 heterocycles. The van der Waals surface area contributed by atoms with E-state index in [0.717, 1.165) is 22.5 Å². The maximum Gasteiger partial charge on any atom is 0.0782 e. The molecule has 0 aliphatic rings. The molecule has 19 heavy (non-hydrogen) atoms. The van der Waals surface area contributed by atoms with Crippen molar-refractivity contribution in [2.24, 2.45) is 0 Å². The van der Waals surface area contributed by atoms with Crippen molar-refractivity contribution < 1.29 is 5.11 Å². The lowest BCUT2D eigenvalue weighted by Gasteiger charge is -2.16. The summed E-state index contributed by atoms with van der Waals surface area (Å²) in [5.74, 6) is 0. The molecule has 0 amide bonds. The van der Waals surface area contributed by atoms with Crippen LogP contribution in [0, 0.1) is 6.92 Å². The van der Waals surface area contributed by atoms with Gasteiger partial charge in [-0.3, -0.25) is 0 Å². The summed E-state index contributed by atoms with van der Waals surface area (Å²) >= 11 is 6.02. The van der Waals surface area contributed by atoms with Crippen LogP contribution in [-0.2, 0) is 0 Å². The largest absolute Gasteiger partial charge is 0.397 e. The number of hydrogen-bond acceptors (Lipinski definition) is 3. The molecule has 4 N–H and O–H groups in total. The van der Waals surface area contributed by atoms with Crippen molar-refractivity contribution in [2.75, 3.05) is 11.1 Å². The summed E-state index contributed by atoms with van der Waals surface area (Å²) in [4.78, 5) is 0. The van der Waals surface area contributed by atoms with Crippen LogP contribution in [0.5, 0.6) is 0 Å². The van der Waals surface area contributed by atoms with Crippen LogP contribution in [0.25, 0.3) is 0 Å². The minimum absolute atomic E-state index is 0.543. The van der Waals surface area contributed by atoms with E-state index >= 15 is 0 Å². The van der Waals surface area contributed by atoms with Crippen LogP contribution in [0.4, 0.5) is 17.1 Å². The van der Waals surface area contributed by atoms with Crippen molar-refractivity contribution in [1.82, 2.24) is 0 Å². The number of anilines is 3. The average molecular weight is 277 g/mol. The quantitative estimate of drug-likeness (QED) is 0.742. The Kier molecular flexibility index (Phi) is 3.98. The van der Waals surface area contributed by atoms with Crippen LogP contribution < -0.4 is 11.1 Å². The number of para-hydroxylation sites is 1. The lowest BCUT2D eigenvalue weighted by Crippen LogP contribution is -2.02. The van der Waals surface area contributed by atoms with Gasteiger partial charge in [-0.15, -0.1) is 0 Å². The first-order valence-electron chi connectivity index (χ1n) is 6.08. The maximum absolute atomic E-state index is 9.76. The maximum atomic E-state index is 9.76. The molecular formula is C15H17ClN2O. The van der Waals surface area contributed by atoms with Crippen LogP contribution >= 0.6 is 11.6 Å². The third-order valence-corrected chi connectivity index (χ3v) is 3.42. The number of nitrogens with one attached hydrogen (secondary N) is 1. The third-order valence-electron chi connectivity index (χ3n) is 3.01. The van der Waals surface area contributed by atoms with Gasteiger partial charge < -0.3 is 16.2 Å². The Morgan fingerprint density at radius 2 is 1.89 bits per heavy atom. The van der Waals surface area contributed by atoms with Gasteiger partial charge in [-0.25, -0.2) is 0 Å². The standard InChI is InChI=1S/C15H17ClN2O/c1-9-7-15(13(17)8-12(9)16)18-14-6-4-3-5-11(14)10(2)19/h3-8,10,18-19H,17H2,1-2H3. The van der Waals surface area contributed by atoms with Crippen LogP contribution in [0.2, 0.25) is 5.02 Å². The monoisotopic (exact) mass is 276 g/mol. The summed E-state index contributed by atoms with van der Waals surface area (Å²) < 4.78 is 0. The second-order valence-electron chi connectivity index (χ2n) is 4.58. The Morgan fingerprint density at radius 3 is 2.58 bits per heavy atom. The van der Waals surface area contributed by atoms with Crippen molar-refractivity contribution >= 4 is 28.7 Å². The number of rotatable bonds is 3. The molecule has 0 radical (unpaired) electrons. The van der Waals surface area contributed by atoms with Crippen LogP contribution in [0.1, 0.15) is 24.2 Å². The van der Waals surface area contributed by atoms with E-state index in [2.05, 4.69) is 5.32 Å². The molecule has 0 aromatic heterocycles. The highest BCUT2D eigenvalue weighted by Gasteiger charge is 2.09. The summed E-state index contributed by atoms with van der Waals surface area (Å²) in [6, 6.07) is 11.2. The zero-order valence-corrected chi connectivity index (χ0v) is 11.7. The smallest absolute Gasteiger partial charge is 0.0782 e. The number of nitrogens with two attached hydrogens (primary N) is 1. The first kappa shape index (κ1) is 13.7. The zero-order chi connectivity index (χ0) is 14.0. The lowest BCUT2D eigenvalue weighted by atomic mass is 10.1. The molecule has 2 aromatic rings. The van der Waals surface area contributed by atoms with Gasteiger partial charge in [0, 0.05) is 16.3 Å².